The molecule has 58 valence electrons. The lowest BCUT2D eigenvalue weighted by Gasteiger charge is -2.10. The van der Waals surface area contributed by atoms with Gasteiger partial charge in [0.15, 0.2) is 0 Å². The zero-order valence-corrected chi connectivity index (χ0v) is 6.56. The average Bonchev–Trinajstić information content (AvgIpc) is 1.80. The fourth-order valence-corrected chi connectivity index (χ4v) is 0.695. The molecule has 5 heteroatoms. The van der Waals surface area contributed by atoms with E-state index in [1.165, 1.54) is 7.05 Å². The minimum Gasteiger partial charge on any atom is -0.216 e. The molecule has 2 N–H and O–H groups in total. The van der Waals surface area contributed by atoms with E-state index in [1.54, 1.807) is 0 Å². The summed E-state index contributed by atoms with van der Waals surface area (Å²) in [6.07, 6.45) is 5.29. The molecule has 0 aliphatic rings. The number of terminal acetylenes is 1. The van der Waals surface area contributed by atoms with E-state index in [-0.39, 0.29) is 6.54 Å². The predicted molar refractivity (Wildman–Crippen MR) is 39.2 cm³/mol. The van der Waals surface area contributed by atoms with Crippen molar-refractivity contribution in [3.05, 3.63) is 0 Å². The molecule has 0 atom stereocenters. The SMILES string of the molecule is C#CCCN(C)S(N)(=O)=O. The van der Waals surface area contributed by atoms with Crippen molar-refractivity contribution >= 4 is 10.2 Å². The molecule has 0 spiro atoms. The summed E-state index contributed by atoms with van der Waals surface area (Å²) in [7, 11) is -2.16. The minimum absolute atomic E-state index is 0.273. The maximum absolute atomic E-state index is 10.5. The van der Waals surface area contributed by atoms with Gasteiger partial charge in [0.2, 0.25) is 0 Å². The lowest BCUT2D eigenvalue weighted by molar-refractivity contribution is 0.478. The Labute approximate surface area is 61.2 Å². The van der Waals surface area contributed by atoms with Gasteiger partial charge < -0.3 is 0 Å². The monoisotopic (exact) mass is 162 g/mol. The van der Waals surface area contributed by atoms with Gasteiger partial charge in [-0.1, -0.05) is 0 Å². The number of rotatable bonds is 3. The van der Waals surface area contributed by atoms with Crippen molar-refractivity contribution in [2.45, 2.75) is 6.42 Å². The molecular weight excluding hydrogens is 152 g/mol. The van der Waals surface area contributed by atoms with Crippen LogP contribution in [0.25, 0.3) is 0 Å². The summed E-state index contributed by atoms with van der Waals surface area (Å²) in [5, 5.41) is 4.75. The van der Waals surface area contributed by atoms with Gasteiger partial charge in [-0.25, -0.2) is 5.14 Å². The maximum Gasteiger partial charge on any atom is 0.276 e. The molecular formula is C5H10N2O2S. The van der Waals surface area contributed by atoms with Crippen molar-refractivity contribution < 1.29 is 8.42 Å². The maximum atomic E-state index is 10.5. The van der Waals surface area contributed by atoms with E-state index in [2.05, 4.69) is 5.92 Å². The first-order chi connectivity index (χ1) is 4.48. The van der Waals surface area contributed by atoms with Crippen molar-refractivity contribution in [3.63, 3.8) is 0 Å². The van der Waals surface area contributed by atoms with Crippen LogP contribution >= 0.6 is 0 Å². The van der Waals surface area contributed by atoms with Crippen molar-refractivity contribution in [2.75, 3.05) is 13.6 Å². The van der Waals surface area contributed by atoms with E-state index in [1.807, 2.05) is 0 Å². The van der Waals surface area contributed by atoms with Gasteiger partial charge in [0, 0.05) is 20.0 Å². The molecule has 0 heterocycles. The van der Waals surface area contributed by atoms with Gasteiger partial charge >= 0.3 is 0 Å². The molecule has 0 aromatic heterocycles. The zero-order chi connectivity index (χ0) is 8.20. The Morgan fingerprint density at radius 1 is 1.70 bits per heavy atom. The van der Waals surface area contributed by atoms with Crippen LogP contribution in [0.1, 0.15) is 6.42 Å². The largest absolute Gasteiger partial charge is 0.276 e. The van der Waals surface area contributed by atoms with Crippen LogP contribution in [0.2, 0.25) is 0 Å². The second-order valence-electron chi connectivity index (χ2n) is 1.82. The second-order valence-corrected chi connectivity index (χ2v) is 3.47. The van der Waals surface area contributed by atoms with Crippen LogP contribution in [-0.4, -0.2) is 26.3 Å². The summed E-state index contributed by atoms with van der Waals surface area (Å²) in [6.45, 7) is 0.273. The fourth-order valence-electron chi connectivity index (χ4n) is 0.349. The van der Waals surface area contributed by atoms with Gasteiger partial charge in [-0.3, -0.25) is 0 Å². The zero-order valence-electron chi connectivity index (χ0n) is 5.74. The summed E-state index contributed by atoms with van der Waals surface area (Å²) in [4.78, 5) is 0. The normalized spacial score (nSPS) is 11.4. The van der Waals surface area contributed by atoms with Gasteiger partial charge in [0.25, 0.3) is 10.2 Å². The Hall–Kier alpha value is -0.570. The van der Waals surface area contributed by atoms with E-state index in [0.717, 1.165) is 4.31 Å². The van der Waals surface area contributed by atoms with E-state index in [0.29, 0.717) is 6.42 Å². The lowest BCUT2D eigenvalue weighted by Crippen LogP contribution is -2.33. The third-order valence-electron chi connectivity index (χ3n) is 1.01. The van der Waals surface area contributed by atoms with Gasteiger partial charge in [-0.15, -0.1) is 12.3 Å². The average molecular weight is 162 g/mol. The fraction of sp³-hybridized carbons (Fsp3) is 0.600. The molecule has 0 bridgehead atoms. The second kappa shape index (κ2) is 3.56. The standard InChI is InChI=1S/C5H10N2O2S/c1-3-4-5-7(2)10(6,8)9/h1H,4-5H2,2H3,(H2,6,8,9). The molecule has 0 saturated heterocycles. The number of nitrogens with zero attached hydrogens (tertiary/aromatic N) is 1. The topological polar surface area (TPSA) is 63.4 Å². The van der Waals surface area contributed by atoms with Crippen molar-refractivity contribution in [1.29, 1.82) is 0 Å². The number of hydrogen-bond donors (Lipinski definition) is 1. The Balaban J connectivity index is 3.90. The lowest BCUT2D eigenvalue weighted by atomic mass is 10.4. The van der Waals surface area contributed by atoms with E-state index >= 15 is 0 Å². The van der Waals surface area contributed by atoms with Crippen molar-refractivity contribution in [2.24, 2.45) is 5.14 Å². The Morgan fingerprint density at radius 2 is 2.20 bits per heavy atom. The predicted octanol–water partition coefficient (Wildman–Crippen LogP) is -0.855. The van der Waals surface area contributed by atoms with Crippen LogP contribution in [0.15, 0.2) is 0 Å². The molecule has 0 amide bonds. The minimum atomic E-state index is -3.54. The van der Waals surface area contributed by atoms with Crippen molar-refractivity contribution in [3.8, 4) is 12.3 Å². The highest BCUT2D eigenvalue weighted by Gasteiger charge is 2.08. The molecule has 0 radical (unpaired) electrons. The molecule has 10 heavy (non-hydrogen) atoms. The molecule has 0 aliphatic heterocycles. The Morgan fingerprint density at radius 3 is 2.50 bits per heavy atom. The highest BCUT2D eigenvalue weighted by Crippen LogP contribution is 1.89. The van der Waals surface area contributed by atoms with Crippen LogP contribution in [0.4, 0.5) is 0 Å². The molecule has 4 nitrogen and oxygen atoms in total. The smallest absolute Gasteiger partial charge is 0.216 e. The summed E-state index contributed by atoms with van der Waals surface area (Å²) in [5.41, 5.74) is 0. The summed E-state index contributed by atoms with van der Waals surface area (Å²) in [5.74, 6) is 2.31. The van der Waals surface area contributed by atoms with Gasteiger partial charge in [0.1, 0.15) is 0 Å². The molecule has 0 rings (SSSR count). The summed E-state index contributed by atoms with van der Waals surface area (Å²) >= 11 is 0. The highest BCUT2D eigenvalue weighted by atomic mass is 32.2. The molecule has 0 unspecified atom stereocenters. The van der Waals surface area contributed by atoms with Gasteiger partial charge in [0.05, 0.1) is 0 Å². The first kappa shape index (κ1) is 9.43. The molecule has 0 fully saturated rings. The van der Waals surface area contributed by atoms with Crippen LogP contribution in [-0.2, 0) is 10.2 Å². The van der Waals surface area contributed by atoms with Gasteiger partial charge in [-0.05, 0) is 0 Å². The Bertz CT molecular complexity index is 227. The van der Waals surface area contributed by atoms with Crippen LogP contribution in [0.3, 0.4) is 0 Å². The highest BCUT2D eigenvalue weighted by molar-refractivity contribution is 7.86. The molecule has 0 saturated carbocycles. The molecule has 0 aromatic carbocycles. The third-order valence-corrected chi connectivity index (χ3v) is 2.06. The van der Waals surface area contributed by atoms with Crippen LogP contribution in [0, 0.1) is 12.3 Å². The summed E-state index contributed by atoms with van der Waals surface area (Å²) < 4.78 is 22.0. The molecule has 0 aromatic rings. The van der Waals surface area contributed by atoms with Gasteiger partial charge in [-0.2, -0.15) is 12.7 Å². The van der Waals surface area contributed by atoms with E-state index < -0.39 is 10.2 Å². The molecule has 0 aliphatic carbocycles. The number of nitrogens with two attached hydrogens (primary N) is 1. The van der Waals surface area contributed by atoms with Crippen molar-refractivity contribution in [1.82, 2.24) is 4.31 Å². The van der Waals surface area contributed by atoms with E-state index in [9.17, 15) is 8.42 Å². The summed E-state index contributed by atoms with van der Waals surface area (Å²) in [6, 6.07) is 0. The Kier molecular flexibility index (Phi) is 3.36. The first-order valence-corrected chi connectivity index (χ1v) is 4.16. The quantitative estimate of drug-likeness (QED) is 0.549. The van der Waals surface area contributed by atoms with E-state index in [4.69, 9.17) is 11.6 Å². The number of hydrogen-bond acceptors (Lipinski definition) is 2. The third kappa shape index (κ3) is 3.45. The first-order valence-electron chi connectivity index (χ1n) is 2.66. The van der Waals surface area contributed by atoms with Crippen LogP contribution < -0.4 is 5.14 Å². The van der Waals surface area contributed by atoms with Crippen LogP contribution in [0.5, 0.6) is 0 Å².